The summed E-state index contributed by atoms with van der Waals surface area (Å²) in [7, 11) is -3.70. The van der Waals surface area contributed by atoms with Crippen molar-refractivity contribution in [2.24, 2.45) is 0 Å². The van der Waals surface area contributed by atoms with Crippen molar-refractivity contribution in [1.82, 2.24) is 4.72 Å². The van der Waals surface area contributed by atoms with E-state index in [0.29, 0.717) is 12.3 Å². The fraction of sp³-hybridized carbons (Fsp3) is 0.350. The summed E-state index contributed by atoms with van der Waals surface area (Å²) in [6.07, 6.45) is 1.71. The minimum Gasteiger partial charge on any atom is -0.377 e. The highest BCUT2D eigenvalue weighted by molar-refractivity contribution is 7.89. The van der Waals surface area contributed by atoms with E-state index in [2.05, 4.69) is 10.0 Å². The van der Waals surface area contributed by atoms with Crippen LogP contribution in [0.5, 0.6) is 0 Å². The smallest absolute Gasteiger partial charge is 0.255 e. The predicted molar refractivity (Wildman–Crippen MR) is 104 cm³/mol. The Bertz CT molecular complexity index is 914. The Balaban J connectivity index is 1.72. The lowest BCUT2D eigenvalue weighted by atomic mass is 10.1. The quantitative estimate of drug-likeness (QED) is 0.797. The number of nitrogens with one attached hydrogen (secondary N) is 2. The third-order valence-corrected chi connectivity index (χ3v) is 5.83. The lowest BCUT2D eigenvalue weighted by Crippen LogP contribution is -2.32. The zero-order valence-electron chi connectivity index (χ0n) is 15.5. The summed E-state index contributed by atoms with van der Waals surface area (Å²) in [6.45, 7) is 4.81. The molecule has 2 aromatic rings. The van der Waals surface area contributed by atoms with E-state index >= 15 is 0 Å². The molecule has 0 bridgehead atoms. The van der Waals surface area contributed by atoms with Crippen molar-refractivity contribution in [2.75, 3.05) is 18.5 Å². The highest BCUT2D eigenvalue weighted by Gasteiger charge is 2.21. The second-order valence-corrected chi connectivity index (χ2v) is 8.61. The molecule has 1 amide bonds. The fourth-order valence-corrected chi connectivity index (χ4v) is 4.26. The van der Waals surface area contributed by atoms with Gasteiger partial charge in [0, 0.05) is 24.4 Å². The zero-order valence-corrected chi connectivity index (χ0v) is 16.3. The Morgan fingerprint density at radius 2 is 1.89 bits per heavy atom. The van der Waals surface area contributed by atoms with Gasteiger partial charge in [-0.3, -0.25) is 4.79 Å². The van der Waals surface area contributed by atoms with Gasteiger partial charge >= 0.3 is 0 Å². The predicted octanol–water partition coefficient (Wildman–Crippen LogP) is 3.01. The summed E-state index contributed by atoms with van der Waals surface area (Å²) in [4.78, 5) is 12.6. The van der Waals surface area contributed by atoms with E-state index in [9.17, 15) is 13.2 Å². The van der Waals surface area contributed by atoms with Gasteiger partial charge in [0.2, 0.25) is 10.0 Å². The maximum absolute atomic E-state index is 12.5. The summed E-state index contributed by atoms with van der Waals surface area (Å²) >= 11 is 0. The second kappa shape index (κ2) is 8.21. The number of benzene rings is 2. The molecule has 0 saturated carbocycles. The molecule has 2 aromatic carbocycles. The number of sulfonamides is 1. The van der Waals surface area contributed by atoms with Crippen LogP contribution in [0.15, 0.2) is 47.4 Å². The molecule has 1 fully saturated rings. The second-order valence-electron chi connectivity index (χ2n) is 6.85. The van der Waals surface area contributed by atoms with Crippen LogP contribution in [-0.4, -0.2) is 33.6 Å². The molecule has 1 heterocycles. The van der Waals surface area contributed by atoms with Gasteiger partial charge in [-0.2, -0.15) is 0 Å². The van der Waals surface area contributed by atoms with Gasteiger partial charge in [0.15, 0.2) is 0 Å². The minimum atomic E-state index is -3.70. The van der Waals surface area contributed by atoms with Crippen LogP contribution < -0.4 is 10.0 Å². The average molecular weight is 388 g/mol. The Morgan fingerprint density at radius 1 is 1.15 bits per heavy atom. The first-order chi connectivity index (χ1) is 12.8. The lowest BCUT2D eigenvalue weighted by molar-refractivity contribution is 0.102. The van der Waals surface area contributed by atoms with Crippen LogP contribution in [0.1, 0.15) is 34.3 Å². The van der Waals surface area contributed by atoms with E-state index in [1.807, 2.05) is 32.0 Å². The van der Waals surface area contributed by atoms with E-state index in [1.165, 1.54) is 12.1 Å². The monoisotopic (exact) mass is 388 g/mol. The number of carbonyl (C=O) groups excluding carboxylic acids is 1. The van der Waals surface area contributed by atoms with Crippen molar-refractivity contribution >= 4 is 21.6 Å². The number of rotatable bonds is 6. The minimum absolute atomic E-state index is 0.0635. The van der Waals surface area contributed by atoms with E-state index in [4.69, 9.17) is 4.74 Å². The van der Waals surface area contributed by atoms with Gasteiger partial charge in [-0.05, 0) is 68.1 Å². The molecule has 0 aliphatic carbocycles. The Labute approximate surface area is 160 Å². The van der Waals surface area contributed by atoms with Crippen molar-refractivity contribution in [1.29, 1.82) is 0 Å². The largest absolute Gasteiger partial charge is 0.377 e. The maximum Gasteiger partial charge on any atom is 0.255 e. The van der Waals surface area contributed by atoms with Gasteiger partial charge < -0.3 is 10.1 Å². The first-order valence-electron chi connectivity index (χ1n) is 8.94. The molecule has 144 valence electrons. The van der Waals surface area contributed by atoms with Crippen molar-refractivity contribution < 1.29 is 17.9 Å². The normalized spacial score (nSPS) is 17.0. The van der Waals surface area contributed by atoms with Gasteiger partial charge in [0.1, 0.15) is 0 Å². The van der Waals surface area contributed by atoms with Crippen molar-refractivity contribution in [3.05, 3.63) is 59.2 Å². The van der Waals surface area contributed by atoms with Gasteiger partial charge in [-0.15, -0.1) is 0 Å². The van der Waals surface area contributed by atoms with E-state index in [-0.39, 0.29) is 29.0 Å². The molecule has 2 N–H and O–H groups in total. The van der Waals surface area contributed by atoms with Crippen molar-refractivity contribution in [3.8, 4) is 0 Å². The molecule has 1 aliphatic heterocycles. The molecule has 6 nitrogen and oxygen atoms in total. The Kier molecular flexibility index (Phi) is 5.94. The summed E-state index contributed by atoms with van der Waals surface area (Å²) in [5.41, 5.74) is 3.05. The molecule has 1 saturated heterocycles. The van der Waals surface area contributed by atoms with Gasteiger partial charge in [-0.1, -0.05) is 12.1 Å². The third-order valence-electron chi connectivity index (χ3n) is 4.41. The van der Waals surface area contributed by atoms with Gasteiger partial charge in [-0.25, -0.2) is 13.1 Å². The molecule has 0 spiro atoms. The first-order valence-corrected chi connectivity index (χ1v) is 10.4. The number of carbonyl (C=O) groups is 1. The Morgan fingerprint density at radius 3 is 2.56 bits per heavy atom. The SMILES string of the molecule is Cc1cc(C)cc(NC(=O)c2cccc(S(=O)(=O)NCC3CCCO3)c2)c1. The van der Waals surface area contributed by atoms with Gasteiger partial charge in [0.25, 0.3) is 5.91 Å². The molecule has 1 atom stereocenters. The molecular weight excluding hydrogens is 364 g/mol. The maximum atomic E-state index is 12.5. The zero-order chi connectivity index (χ0) is 19.4. The molecule has 0 aromatic heterocycles. The third kappa shape index (κ3) is 5.15. The summed E-state index contributed by atoms with van der Waals surface area (Å²) in [6, 6.07) is 11.8. The molecular formula is C20H24N2O4S. The summed E-state index contributed by atoms with van der Waals surface area (Å²) in [5, 5.41) is 2.82. The van der Waals surface area contributed by atoms with Gasteiger partial charge in [0.05, 0.1) is 11.0 Å². The molecule has 1 unspecified atom stereocenters. The van der Waals surface area contributed by atoms with Crippen LogP contribution in [0.4, 0.5) is 5.69 Å². The molecule has 0 radical (unpaired) electrons. The molecule has 27 heavy (non-hydrogen) atoms. The topological polar surface area (TPSA) is 84.5 Å². The number of ether oxygens (including phenoxy) is 1. The van der Waals surface area contributed by atoms with Crippen molar-refractivity contribution in [3.63, 3.8) is 0 Å². The highest BCUT2D eigenvalue weighted by Crippen LogP contribution is 2.17. The van der Waals surface area contributed by atoms with E-state index in [0.717, 1.165) is 24.0 Å². The summed E-state index contributed by atoms with van der Waals surface area (Å²) < 4.78 is 33.0. The van der Waals surface area contributed by atoms with Crippen LogP contribution in [-0.2, 0) is 14.8 Å². The van der Waals surface area contributed by atoms with Crippen LogP contribution in [0.25, 0.3) is 0 Å². The van der Waals surface area contributed by atoms with E-state index < -0.39 is 10.0 Å². The number of hydrogen-bond acceptors (Lipinski definition) is 4. The lowest BCUT2D eigenvalue weighted by Gasteiger charge is -2.12. The highest BCUT2D eigenvalue weighted by atomic mass is 32.2. The molecule has 3 rings (SSSR count). The van der Waals surface area contributed by atoms with Crippen LogP contribution in [0.3, 0.4) is 0 Å². The number of anilines is 1. The number of amides is 1. The van der Waals surface area contributed by atoms with Crippen LogP contribution in [0.2, 0.25) is 0 Å². The Hall–Kier alpha value is -2.22. The van der Waals surface area contributed by atoms with Crippen LogP contribution in [0, 0.1) is 13.8 Å². The van der Waals surface area contributed by atoms with Crippen LogP contribution >= 0.6 is 0 Å². The molecule has 1 aliphatic rings. The summed E-state index contributed by atoms with van der Waals surface area (Å²) in [5.74, 6) is -0.351. The fourth-order valence-electron chi connectivity index (χ4n) is 3.15. The first kappa shape index (κ1) is 19.5. The molecule has 7 heteroatoms. The number of aryl methyl sites for hydroxylation is 2. The van der Waals surface area contributed by atoms with E-state index in [1.54, 1.807) is 12.1 Å². The average Bonchev–Trinajstić information content (AvgIpc) is 3.13. The standard InChI is InChI=1S/C20H24N2O4S/c1-14-9-15(2)11-17(10-14)22-20(23)16-5-3-7-19(12-16)27(24,25)21-13-18-6-4-8-26-18/h3,5,7,9-12,18,21H,4,6,8,13H2,1-2H3,(H,22,23). The van der Waals surface area contributed by atoms with Crippen molar-refractivity contribution in [2.45, 2.75) is 37.7 Å². The number of hydrogen-bond donors (Lipinski definition) is 2.